The highest BCUT2D eigenvalue weighted by Crippen LogP contribution is 2.40. The summed E-state index contributed by atoms with van der Waals surface area (Å²) < 4.78 is 47.0. The monoisotopic (exact) mass is 579 g/mol. The van der Waals surface area contributed by atoms with Gasteiger partial charge < -0.3 is 24.2 Å². The number of carbonyl (C=O) groups excluding carboxylic acids is 2. The van der Waals surface area contributed by atoms with Crippen molar-refractivity contribution in [1.29, 1.82) is 0 Å². The summed E-state index contributed by atoms with van der Waals surface area (Å²) in [7, 11) is -3.94. The minimum Gasteiger partial charge on any atom is -0.465 e. The van der Waals surface area contributed by atoms with Crippen LogP contribution in [0.5, 0.6) is 0 Å². The van der Waals surface area contributed by atoms with Gasteiger partial charge in [-0.1, -0.05) is 20.8 Å². The Hall–Kier alpha value is -3.21. The third kappa shape index (κ3) is 6.56. The molecule has 13 heteroatoms. The minimum absolute atomic E-state index is 0.0483. The smallest absolute Gasteiger partial charge is 0.323 e. The van der Waals surface area contributed by atoms with Crippen LogP contribution in [0.2, 0.25) is 0 Å². The van der Waals surface area contributed by atoms with Gasteiger partial charge in [-0.2, -0.15) is 0 Å². The fourth-order valence-corrected chi connectivity index (χ4v) is 6.49. The zero-order chi connectivity index (χ0) is 29.8. The second-order valence-corrected chi connectivity index (χ2v) is 12.1. The number of hydrogen-bond acceptors (Lipinski definition) is 8. The maximum absolute atomic E-state index is 14.6. The van der Waals surface area contributed by atoms with Crippen molar-refractivity contribution < 1.29 is 32.4 Å². The van der Waals surface area contributed by atoms with Crippen LogP contribution < -0.4 is 21.4 Å². The Bertz CT molecular complexity index is 1390. The molecule has 2 heterocycles. The molecule has 0 fully saturated rings. The van der Waals surface area contributed by atoms with Crippen LogP contribution in [0, 0.1) is 11.7 Å². The molecule has 0 saturated carbocycles. The number of ether oxygens (including phenoxy) is 2. The number of aromatic nitrogens is 2. The average Bonchev–Trinajstić information content (AvgIpc) is 3.52. The summed E-state index contributed by atoms with van der Waals surface area (Å²) in [5.41, 5.74) is 7.74. The van der Waals surface area contributed by atoms with Crippen LogP contribution in [0.1, 0.15) is 54.0 Å². The van der Waals surface area contributed by atoms with Crippen LogP contribution in [0.3, 0.4) is 0 Å². The van der Waals surface area contributed by atoms with Crippen LogP contribution in [0.15, 0.2) is 22.6 Å². The van der Waals surface area contributed by atoms with Gasteiger partial charge in [0, 0.05) is 6.54 Å². The molecule has 2 atom stereocenters. The topological polar surface area (TPSA) is 151 Å². The number of aryl methyl sites for hydroxylation is 1. The molecule has 0 bridgehead atoms. The lowest BCUT2D eigenvalue weighted by molar-refractivity contribution is -0.145. The predicted molar refractivity (Wildman–Crippen MR) is 152 cm³/mol. The Morgan fingerprint density at radius 3 is 2.15 bits per heavy atom. The number of rotatable bonds is 13. The van der Waals surface area contributed by atoms with Crippen molar-refractivity contribution in [2.45, 2.75) is 73.5 Å². The van der Waals surface area contributed by atoms with Crippen LogP contribution in [-0.4, -0.2) is 46.8 Å². The Kier molecular flexibility index (Phi) is 10.2. The summed E-state index contributed by atoms with van der Waals surface area (Å²) in [6.07, 6.45) is 0.556. The fraction of sp³-hybridized carbons (Fsp3) is 0.519. The maximum atomic E-state index is 14.6. The van der Waals surface area contributed by atoms with Crippen molar-refractivity contribution in [3.8, 4) is 11.6 Å². The minimum atomic E-state index is -3.94. The number of nitrogens with two attached hydrogens (primary N) is 1. The molecule has 0 unspecified atom stereocenters. The normalized spacial score (nSPS) is 13.5. The van der Waals surface area contributed by atoms with Gasteiger partial charge in [0.1, 0.15) is 23.4 Å². The molecule has 0 aliphatic rings. The molecule has 1 aromatic carbocycles. The number of nitrogen functional groups attached to an aromatic ring is 1. The largest absolute Gasteiger partial charge is 0.465 e. The number of benzene rings is 1. The van der Waals surface area contributed by atoms with Gasteiger partial charge in [-0.15, -0.1) is 0 Å². The zero-order valence-electron chi connectivity index (χ0n) is 24.0. The first-order valence-corrected chi connectivity index (χ1v) is 15.1. The standard InChI is InChI=1S/C27H39FN5O6P/c1-8-18-13-19(28)22(29)23-24(18)33(14-15(4)5)25(30-23)20-11-12-21(39-20)40(36,31-16(6)26(34)37-9-2)32-17(7)27(35)38-10-3/h11-13,15-17H,8-10,14,29H2,1-7H3,(H2,31,32,36)/t16-,17-/m0/s1. The van der Waals surface area contributed by atoms with Crippen molar-refractivity contribution in [2.75, 3.05) is 18.9 Å². The third-order valence-corrected chi connectivity index (χ3v) is 8.53. The van der Waals surface area contributed by atoms with E-state index in [2.05, 4.69) is 15.2 Å². The van der Waals surface area contributed by atoms with Gasteiger partial charge in [-0.25, -0.2) is 19.5 Å². The van der Waals surface area contributed by atoms with E-state index in [1.807, 2.05) is 25.3 Å². The molecule has 0 saturated heterocycles. The molecule has 0 spiro atoms. The number of halogens is 1. The second kappa shape index (κ2) is 13.0. The Morgan fingerprint density at radius 2 is 1.65 bits per heavy atom. The number of anilines is 1. The van der Waals surface area contributed by atoms with Gasteiger partial charge in [0.05, 0.1) is 24.4 Å². The molecule has 40 heavy (non-hydrogen) atoms. The number of nitrogens with zero attached hydrogens (tertiary/aromatic N) is 2. The number of furan rings is 1. The Labute approximate surface area is 233 Å². The first kappa shape index (κ1) is 31.3. The molecule has 0 radical (unpaired) electrons. The molecular weight excluding hydrogens is 540 g/mol. The summed E-state index contributed by atoms with van der Waals surface area (Å²) in [5.74, 6) is -0.960. The van der Waals surface area contributed by atoms with Gasteiger partial charge in [-0.05, 0) is 63.8 Å². The van der Waals surface area contributed by atoms with Gasteiger partial charge in [0.15, 0.2) is 17.1 Å². The summed E-state index contributed by atoms with van der Waals surface area (Å²) in [5, 5.41) is 5.53. The van der Waals surface area contributed by atoms with E-state index in [9.17, 15) is 18.5 Å². The first-order valence-electron chi connectivity index (χ1n) is 13.4. The molecule has 4 N–H and O–H groups in total. The number of imidazole rings is 1. The van der Waals surface area contributed by atoms with Crippen LogP contribution >= 0.6 is 7.44 Å². The quantitative estimate of drug-likeness (QED) is 0.153. The maximum Gasteiger partial charge on any atom is 0.323 e. The summed E-state index contributed by atoms with van der Waals surface area (Å²) in [4.78, 5) is 29.4. The molecule has 3 rings (SSSR count). The van der Waals surface area contributed by atoms with Crippen molar-refractivity contribution in [1.82, 2.24) is 19.7 Å². The first-order chi connectivity index (χ1) is 18.9. The average molecular weight is 580 g/mol. The number of nitrogens with one attached hydrogen (secondary N) is 2. The Morgan fingerprint density at radius 1 is 1.07 bits per heavy atom. The molecule has 11 nitrogen and oxygen atoms in total. The molecular formula is C27H39FN5O6P. The molecule has 0 aliphatic heterocycles. The van der Waals surface area contributed by atoms with E-state index >= 15 is 0 Å². The molecule has 0 aliphatic carbocycles. The molecule has 2 aromatic heterocycles. The molecule has 0 amide bonds. The summed E-state index contributed by atoms with van der Waals surface area (Å²) in [6.45, 7) is 13.1. The van der Waals surface area contributed by atoms with Crippen molar-refractivity contribution in [2.24, 2.45) is 5.92 Å². The lowest BCUT2D eigenvalue weighted by Gasteiger charge is -2.24. The molecule has 3 aromatic rings. The van der Waals surface area contributed by atoms with Gasteiger partial charge in [0.2, 0.25) is 0 Å². The summed E-state index contributed by atoms with van der Waals surface area (Å²) >= 11 is 0. The van der Waals surface area contributed by atoms with Crippen LogP contribution in [-0.2, 0) is 36.6 Å². The van der Waals surface area contributed by atoms with E-state index in [0.29, 0.717) is 29.8 Å². The van der Waals surface area contributed by atoms with E-state index < -0.39 is 37.3 Å². The van der Waals surface area contributed by atoms with Gasteiger partial charge in [-0.3, -0.25) is 14.2 Å². The fourth-order valence-electron chi connectivity index (χ4n) is 4.35. The second-order valence-electron chi connectivity index (χ2n) is 9.87. The predicted octanol–water partition coefficient (Wildman–Crippen LogP) is 4.14. The Balaban J connectivity index is 2.15. The van der Waals surface area contributed by atoms with E-state index in [1.165, 1.54) is 26.0 Å². The third-order valence-electron chi connectivity index (χ3n) is 6.17. The highest BCUT2D eigenvalue weighted by Gasteiger charge is 2.36. The van der Waals surface area contributed by atoms with E-state index in [1.54, 1.807) is 19.9 Å². The zero-order valence-corrected chi connectivity index (χ0v) is 24.9. The van der Waals surface area contributed by atoms with E-state index in [4.69, 9.17) is 19.6 Å². The van der Waals surface area contributed by atoms with Gasteiger partial charge in [0.25, 0.3) is 7.44 Å². The van der Waals surface area contributed by atoms with Crippen LogP contribution in [0.25, 0.3) is 22.6 Å². The van der Waals surface area contributed by atoms with Crippen molar-refractivity contribution >= 4 is 41.6 Å². The lowest BCUT2D eigenvalue weighted by atomic mass is 10.1. The van der Waals surface area contributed by atoms with E-state index in [-0.39, 0.29) is 36.1 Å². The molecule has 220 valence electrons. The SMILES string of the molecule is CCOC(=O)[C@H](C)NP(=O)(N[C@@H](C)C(=O)OCC)c1ccc(-c2nc3c(N)c(F)cc(CC)c3n2CC(C)C)o1. The number of hydrogen-bond donors (Lipinski definition) is 3. The number of fused-ring (bicyclic) bond motifs is 1. The highest BCUT2D eigenvalue weighted by atomic mass is 31.2. The van der Waals surface area contributed by atoms with Gasteiger partial charge >= 0.3 is 11.9 Å². The van der Waals surface area contributed by atoms with Crippen LogP contribution in [0.4, 0.5) is 10.1 Å². The van der Waals surface area contributed by atoms with Crippen molar-refractivity contribution in [3.63, 3.8) is 0 Å². The highest BCUT2D eigenvalue weighted by molar-refractivity contribution is 7.67. The number of carbonyl (C=O) groups is 2. The number of esters is 2. The lowest BCUT2D eigenvalue weighted by Crippen LogP contribution is -2.44. The summed E-state index contributed by atoms with van der Waals surface area (Å²) in [6, 6.07) is 2.49. The van der Waals surface area contributed by atoms with E-state index in [0.717, 1.165) is 5.56 Å². The van der Waals surface area contributed by atoms with Crippen molar-refractivity contribution in [3.05, 3.63) is 29.6 Å².